The molecule has 1 atom stereocenters. The highest BCUT2D eigenvalue weighted by Crippen LogP contribution is 2.40. The smallest absolute Gasteiger partial charge is 0.264 e. The monoisotopic (exact) mass is 395 g/mol. The Hall–Kier alpha value is -2.40. The van der Waals surface area contributed by atoms with Gasteiger partial charge >= 0.3 is 0 Å². The van der Waals surface area contributed by atoms with Crippen molar-refractivity contribution in [2.75, 3.05) is 4.31 Å². The van der Waals surface area contributed by atoms with E-state index in [2.05, 4.69) is 0 Å². The van der Waals surface area contributed by atoms with E-state index in [0.717, 1.165) is 37.7 Å². The minimum absolute atomic E-state index is 0.0298. The molecule has 0 radical (unpaired) electrons. The largest absolute Gasteiger partial charge is 0.289 e. The fourth-order valence-corrected chi connectivity index (χ4v) is 5.85. The van der Waals surface area contributed by atoms with Crippen LogP contribution in [-0.4, -0.2) is 20.2 Å². The van der Waals surface area contributed by atoms with E-state index in [1.54, 1.807) is 36.4 Å². The number of sulfonamides is 1. The highest BCUT2D eigenvalue weighted by atomic mass is 32.2. The third-order valence-electron chi connectivity index (χ3n) is 5.66. The van der Waals surface area contributed by atoms with E-state index in [9.17, 15) is 13.2 Å². The first-order chi connectivity index (χ1) is 13.5. The Kier molecular flexibility index (Phi) is 5.11. The lowest BCUT2D eigenvalue weighted by Crippen LogP contribution is -2.47. The molecule has 2 aromatic rings. The van der Waals surface area contributed by atoms with Gasteiger partial charge in [-0.05, 0) is 50.5 Å². The number of para-hydroxylation sites is 1. The van der Waals surface area contributed by atoms with Crippen LogP contribution in [0.3, 0.4) is 0 Å². The fraction of sp³-hybridized carbons (Fsp3) is 0.348. The zero-order valence-corrected chi connectivity index (χ0v) is 16.9. The van der Waals surface area contributed by atoms with Crippen LogP contribution < -0.4 is 4.31 Å². The molecule has 1 aliphatic heterocycles. The summed E-state index contributed by atoms with van der Waals surface area (Å²) in [5.74, 6) is -0.0298. The van der Waals surface area contributed by atoms with Crippen LogP contribution in [0.5, 0.6) is 0 Å². The molecule has 0 saturated heterocycles. The zero-order chi connectivity index (χ0) is 19.7. The second kappa shape index (κ2) is 7.55. The van der Waals surface area contributed by atoms with E-state index in [1.807, 2.05) is 25.1 Å². The standard InChI is InChI=1S/C23H25NO3S/c1-17-13-15-18(16-14-17)28(26,27)24-21-11-6-4-2-3-5-9-19(21)23(25)20-10-7-8-12-22(20)24/h7-10,12-16,21H,2-6,11H2,1H3/b19-9+. The molecule has 2 aromatic carbocycles. The van der Waals surface area contributed by atoms with Crippen LogP contribution in [0.25, 0.3) is 0 Å². The second-order valence-corrected chi connectivity index (χ2v) is 9.44. The van der Waals surface area contributed by atoms with Crippen molar-refractivity contribution >= 4 is 21.5 Å². The highest BCUT2D eigenvalue weighted by Gasteiger charge is 2.41. The predicted molar refractivity (Wildman–Crippen MR) is 111 cm³/mol. The number of ketones is 1. The van der Waals surface area contributed by atoms with Crippen molar-refractivity contribution in [3.63, 3.8) is 0 Å². The van der Waals surface area contributed by atoms with Crippen LogP contribution >= 0.6 is 0 Å². The number of nitrogens with zero attached hydrogens (tertiary/aromatic N) is 1. The number of hydrogen-bond acceptors (Lipinski definition) is 3. The van der Waals surface area contributed by atoms with Gasteiger partial charge in [0, 0.05) is 11.1 Å². The van der Waals surface area contributed by atoms with Gasteiger partial charge in [-0.1, -0.05) is 55.2 Å². The SMILES string of the molecule is Cc1ccc(S(=O)(=O)N2c3ccccc3C(=O)/C3=C/CCCCCCC32)cc1. The van der Waals surface area contributed by atoms with Crippen molar-refractivity contribution < 1.29 is 13.2 Å². The minimum Gasteiger partial charge on any atom is -0.289 e. The molecular formula is C23H25NO3S. The van der Waals surface area contributed by atoms with Crippen LogP contribution in [0, 0.1) is 6.92 Å². The number of carbonyl (C=O) groups is 1. The molecule has 1 aliphatic carbocycles. The topological polar surface area (TPSA) is 54.5 Å². The van der Waals surface area contributed by atoms with Gasteiger partial charge in [0.2, 0.25) is 0 Å². The van der Waals surface area contributed by atoms with Gasteiger partial charge in [-0.2, -0.15) is 0 Å². The van der Waals surface area contributed by atoms with Crippen LogP contribution in [0.1, 0.15) is 54.4 Å². The van der Waals surface area contributed by atoms with Crippen molar-refractivity contribution in [3.8, 4) is 0 Å². The molecule has 0 fully saturated rings. The van der Waals surface area contributed by atoms with Crippen LogP contribution in [0.15, 0.2) is 65.1 Å². The van der Waals surface area contributed by atoms with Crippen LogP contribution in [0.4, 0.5) is 5.69 Å². The van der Waals surface area contributed by atoms with E-state index in [4.69, 9.17) is 0 Å². The molecular weight excluding hydrogens is 370 g/mol. The second-order valence-electron chi connectivity index (χ2n) is 7.63. The molecule has 1 unspecified atom stereocenters. The Morgan fingerprint density at radius 2 is 1.64 bits per heavy atom. The Labute approximate surface area is 166 Å². The third-order valence-corrected chi connectivity index (χ3v) is 7.50. The van der Waals surface area contributed by atoms with Gasteiger partial charge in [0.1, 0.15) is 0 Å². The molecule has 5 heteroatoms. The van der Waals surface area contributed by atoms with Gasteiger partial charge < -0.3 is 0 Å². The number of anilines is 1. The van der Waals surface area contributed by atoms with Gasteiger partial charge in [-0.3, -0.25) is 9.10 Å². The summed E-state index contributed by atoms with van der Waals surface area (Å²) in [5.41, 5.74) is 2.61. The molecule has 4 nitrogen and oxygen atoms in total. The molecule has 0 amide bonds. The average molecular weight is 396 g/mol. The van der Waals surface area contributed by atoms with Gasteiger partial charge in [-0.15, -0.1) is 0 Å². The lowest BCUT2D eigenvalue weighted by Gasteiger charge is -2.38. The summed E-state index contributed by atoms with van der Waals surface area (Å²) in [7, 11) is -3.79. The molecule has 0 saturated carbocycles. The number of rotatable bonds is 2. The molecule has 28 heavy (non-hydrogen) atoms. The van der Waals surface area contributed by atoms with Gasteiger partial charge in [0.15, 0.2) is 5.78 Å². The number of aryl methyl sites for hydroxylation is 1. The highest BCUT2D eigenvalue weighted by molar-refractivity contribution is 7.92. The molecule has 0 spiro atoms. The molecule has 4 rings (SSSR count). The summed E-state index contributed by atoms with van der Waals surface area (Å²) in [5, 5.41) is 0. The molecule has 2 aliphatic rings. The first kappa shape index (κ1) is 18.9. The lowest BCUT2D eigenvalue weighted by atomic mass is 9.88. The zero-order valence-electron chi connectivity index (χ0n) is 16.1. The maximum Gasteiger partial charge on any atom is 0.264 e. The summed E-state index contributed by atoms with van der Waals surface area (Å²) in [6.07, 6.45) is 7.59. The van der Waals surface area contributed by atoms with E-state index in [-0.39, 0.29) is 10.7 Å². The third kappa shape index (κ3) is 3.28. The first-order valence-corrected chi connectivity index (χ1v) is 11.4. The Morgan fingerprint density at radius 1 is 0.929 bits per heavy atom. The van der Waals surface area contributed by atoms with Crippen molar-refractivity contribution in [1.29, 1.82) is 0 Å². The quantitative estimate of drug-likeness (QED) is 0.716. The number of carbonyl (C=O) groups excluding carboxylic acids is 1. The predicted octanol–water partition coefficient (Wildman–Crippen LogP) is 5.04. The van der Waals surface area contributed by atoms with Crippen molar-refractivity contribution in [2.45, 2.75) is 56.4 Å². The summed E-state index contributed by atoms with van der Waals surface area (Å²) in [6, 6.07) is 13.6. The molecule has 0 aromatic heterocycles. The van der Waals surface area contributed by atoms with E-state index in [1.165, 1.54) is 4.31 Å². The maximum atomic E-state index is 13.7. The van der Waals surface area contributed by atoms with Gasteiger partial charge in [0.25, 0.3) is 10.0 Å². The maximum absolute atomic E-state index is 13.7. The molecule has 0 N–H and O–H groups in total. The van der Waals surface area contributed by atoms with Gasteiger partial charge in [0.05, 0.1) is 16.6 Å². The van der Waals surface area contributed by atoms with Crippen molar-refractivity contribution in [2.24, 2.45) is 0 Å². The average Bonchev–Trinajstić information content (AvgIpc) is 2.81. The summed E-state index contributed by atoms with van der Waals surface area (Å²) in [4.78, 5) is 13.5. The first-order valence-electron chi connectivity index (χ1n) is 9.95. The normalized spacial score (nSPS) is 22.2. The van der Waals surface area contributed by atoms with Crippen LogP contribution in [-0.2, 0) is 10.0 Å². The minimum atomic E-state index is -3.79. The van der Waals surface area contributed by atoms with Crippen molar-refractivity contribution in [1.82, 2.24) is 0 Å². The molecule has 1 heterocycles. The number of hydrogen-bond donors (Lipinski definition) is 0. The molecule has 0 bridgehead atoms. The van der Waals surface area contributed by atoms with E-state index >= 15 is 0 Å². The molecule has 146 valence electrons. The Morgan fingerprint density at radius 3 is 2.43 bits per heavy atom. The summed E-state index contributed by atoms with van der Waals surface area (Å²) in [6.45, 7) is 1.93. The summed E-state index contributed by atoms with van der Waals surface area (Å²) >= 11 is 0. The Bertz CT molecular complexity index is 1020. The number of Topliss-reactive ketones (excluding diaryl/α,β-unsaturated/α-hetero) is 1. The lowest BCUT2D eigenvalue weighted by molar-refractivity contribution is 0.102. The number of allylic oxidation sites excluding steroid dienone is 1. The van der Waals surface area contributed by atoms with Crippen molar-refractivity contribution in [3.05, 3.63) is 71.3 Å². The number of benzene rings is 2. The van der Waals surface area contributed by atoms with E-state index < -0.39 is 16.1 Å². The van der Waals surface area contributed by atoms with E-state index in [0.29, 0.717) is 23.2 Å². The fourth-order valence-electron chi connectivity index (χ4n) is 4.17. The number of fused-ring (bicyclic) bond motifs is 2. The van der Waals surface area contributed by atoms with Crippen LogP contribution in [0.2, 0.25) is 0 Å². The summed E-state index contributed by atoms with van der Waals surface area (Å²) < 4.78 is 28.9. The Balaban J connectivity index is 1.91. The van der Waals surface area contributed by atoms with Gasteiger partial charge in [-0.25, -0.2) is 8.42 Å².